The van der Waals surface area contributed by atoms with E-state index < -0.39 is 16.1 Å². The van der Waals surface area contributed by atoms with E-state index in [0.29, 0.717) is 11.3 Å². The van der Waals surface area contributed by atoms with E-state index >= 15 is 0 Å². The van der Waals surface area contributed by atoms with E-state index in [1.54, 1.807) is 6.92 Å². The maximum atomic E-state index is 11.5. The van der Waals surface area contributed by atoms with Gasteiger partial charge in [0.2, 0.25) is 5.88 Å². The highest BCUT2D eigenvalue weighted by atomic mass is 32.2. The molecule has 0 atom stereocenters. The Labute approximate surface area is 92.6 Å². The lowest BCUT2D eigenvalue weighted by molar-refractivity contribution is 0.392. The Balaban J connectivity index is 2.49. The van der Waals surface area contributed by atoms with Crippen molar-refractivity contribution >= 4 is 15.9 Å². The van der Waals surface area contributed by atoms with E-state index in [1.165, 1.54) is 18.2 Å². The van der Waals surface area contributed by atoms with Crippen molar-refractivity contribution < 1.29 is 18.6 Å². The molecule has 0 amide bonds. The minimum atomic E-state index is -3.76. The lowest BCUT2D eigenvalue weighted by atomic mass is 10.2. The second-order valence-corrected chi connectivity index (χ2v) is 4.94. The SMILES string of the molecule is Cc1cc(N2C=C(O)NS2(=O)=O)ccc1O. The number of aliphatic hydroxyl groups is 1. The summed E-state index contributed by atoms with van der Waals surface area (Å²) in [6.45, 7) is 1.65. The van der Waals surface area contributed by atoms with Crippen LogP contribution in [-0.4, -0.2) is 18.6 Å². The Morgan fingerprint density at radius 1 is 1.31 bits per heavy atom. The number of nitrogens with zero attached hydrogens (tertiary/aromatic N) is 1. The molecule has 0 radical (unpaired) electrons. The number of aliphatic hydroxyl groups excluding tert-OH is 1. The Bertz CT molecular complexity index is 565. The minimum absolute atomic E-state index is 0.0847. The van der Waals surface area contributed by atoms with Crippen LogP contribution in [0.25, 0.3) is 0 Å². The summed E-state index contributed by atoms with van der Waals surface area (Å²) in [4.78, 5) is 0. The van der Waals surface area contributed by atoms with Crippen LogP contribution in [-0.2, 0) is 10.2 Å². The summed E-state index contributed by atoms with van der Waals surface area (Å²) >= 11 is 0. The van der Waals surface area contributed by atoms with E-state index in [0.717, 1.165) is 10.5 Å². The van der Waals surface area contributed by atoms with Gasteiger partial charge in [0.15, 0.2) is 0 Å². The third-order valence-electron chi connectivity index (χ3n) is 2.17. The molecule has 0 spiro atoms. The summed E-state index contributed by atoms with van der Waals surface area (Å²) in [6.07, 6.45) is 1.06. The van der Waals surface area contributed by atoms with Crippen molar-refractivity contribution in [2.24, 2.45) is 0 Å². The number of hydrogen-bond donors (Lipinski definition) is 3. The third kappa shape index (κ3) is 1.65. The van der Waals surface area contributed by atoms with Crippen molar-refractivity contribution in [2.45, 2.75) is 6.92 Å². The molecule has 1 aromatic carbocycles. The maximum Gasteiger partial charge on any atom is 0.330 e. The second kappa shape index (κ2) is 3.31. The first-order valence-electron chi connectivity index (χ1n) is 4.43. The number of phenols is 1. The average Bonchev–Trinajstić information content (AvgIpc) is 2.44. The Kier molecular flexibility index (Phi) is 2.20. The molecule has 0 saturated heterocycles. The van der Waals surface area contributed by atoms with Crippen LogP contribution in [0.5, 0.6) is 5.75 Å². The minimum Gasteiger partial charge on any atom is -0.508 e. The smallest absolute Gasteiger partial charge is 0.330 e. The van der Waals surface area contributed by atoms with Crippen molar-refractivity contribution in [1.29, 1.82) is 0 Å². The molecule has 6 nitrogen and oxygen atoms in total. The van der Waals surface area contributed by atoms with Gasteiger partial charge in [0.05, 0.1) is 11.9 Å². The van der Waals surface area contributed by atoms with Gasteiger partial charge in [-0.05, 0) is 30.7 Å². The molecule has 3 N–H and O–H groups in total. The average molecular weight is 242 g/mol. The first-order valence-corrected chi connectivity index (χ1v) is 5.87. The van der Waals surface area contributed by atoms with Crippen LogP contribution in [0, 0.1) is 6.92 Å². The summed E-state index contributed by atoms with van der Waals surface area (Å²) < 4.78 is 25.8. The van der Waals surface area contributed by atoms with Gasteiger partial charge in [0, 0.05) is 0 Å². The number of anilines is 1. The number of hydrogen-bond acceptors (Lipinski definition) is 4. The van der Waals surface area contributed by atoms with Crippen LogP contribution in [0.3, 0.4) is 0 Å². The van der Waals surface area contributed by atoms with E-state index in [9.17, 15) is 13.5 Å². The molecule has 1 aliphatic rings. The monoisotopic (exact) mass is 242 g/mol. The molecule has 0 aromatic heterocycles. The first-order chi connectivity index (χ1) is 7.40. The van der Waals surface area contributed by atoms with E-state index in [4.69, 9.17) is 5.11 Å². The quantitative estimate of drug-likeness (QED) is 0.676. The Morgan fingerprint density at radius 3 is 2.50 bits per heavy atom. The number of aromatic hydroxyl groups is 1. The van der Waals surface area contributed by atoms with Crippen molar-refractivity contribution in [1.82, 2.24) is 4.72 Å². The standard InChI is InChI=1S/C9H10N2O4S/c1-6-4-7(2-3-8(6)12)11-5-9(13)10-16(11,14)15/h2-5,10,12-13H,1H3. The number of aryl methyl sites for hydroxylation is 1. The van der Waals surface area contributed by atoms with Crippen LogP contribution in [0.4, 0.5) is 5.69 Å². The number of phenolic OH excluding ortho intramolecular Hbond substituents is 1. The van der Waals surface area contributed by atoms with Gasteiger partial charge in [-0.1, -0.05) is 0 Å². The largest absolute Gasteiger partial charge is 0.508 e. The third-order valence-corrected chi connectivity index (χ3v) is 3.47. The molecule has 0 unspecified atom stereocenters. The topological polar surface area (TPSA) is 89.9 Å². The molecule has 0 fully saturated rings. The Hall–Kier alpha value is -1.89. The van der Waals surface area contributed by atoms with Crippen molar-refractivity contribution in [3.63, 3.8) is 0 Å². The molecule has 86 valence electrons. The van der Waals surface area contributed by atoms with Crippen molar-refractivity contribution in [3.8, 4) is 5.75 Å². The second-order valence-electron chi connectivity index (χ2n) is 3.39. The molecule has 16 heavy (non-hydrogen) atoms. The molecule has 1 heterocycles. The fourth-order valence-corrected chi connectivity index (χ4v) is 2.42. The van der Waals surface area contributed by atoms with E-state index in [1.807, 2.05) is 4.72 Å². The van der Waals surface area contributed by atoms with Crippen LogP contribution >= 0.6 is 0 Å². The number of nitrogens with one attached hydrogen (secondary N) is 1. The van der Waals surface area contributed by atoms with E-state index in [-0.39, 0.29) is 5.75 Å². The molecular weight excluding hydrogens is 232 g/mol. The van der Waals surface area contributed by atoms with Gasteiger partial charge < -0.3 is 10.2 Å². The summed E-state index contributed by atoms with van der Waals surface area (Å²) in [5.41, 5.74) is 0.888. The van der Waals surface area contributed by atoms with Crippen molar-refractivity contribution in [2.75, 3.05) is 4.31 Å². The van der Waals surface area contributed by atoms with Gasteiger partial charge in [-0.15, -0.1) is 0 Å². The molecule has 0 bridgehead atoms. The van der Waals surface area contributed by atoms with Crippen LogP contribution in [0.2, 0.25) is 0 Å². The predicted molar refractivity (Wildman–Crippen MR) is 58.1 cm³/mol. The van der Waals surface area contributed by atoms with Crippen LogP contribution in [0.15, 0.2) is 30.3 Å². The van der Waals surface area contributed by atoms with Gasteiger partial charge in [0.25, 0.3) is 0 Å². The summed E-state index contributed by atoms with van der Waals surface area (Å²) in [5.74, 6) is -0.354. The van der Waals surface area contributed by atoms with Gasteiger partial charge >= 0.3 is 10.2 Å². The fraction of sp³-hybridized carbons (Fsp3) is 0.111. The number of rotatable bonds is 1. The number of benzene rings is 1. The Morgan fingerprint density at radius 2 is 2.00 bits per heavy atom. The summed E-state index contributed by atoms with van der Waals surface area (Å²) in [5, 5.41) is 18.4. The van der Waals surface area contributed by atoms with Gasteiger partial charge in [0.1, 0.15) is 5.75 Å². The molecule has 1 aliphatic heterocycles. The molecule has 1 aromatic rings. The highest BCUT2D eigenvalue weighted by Gasteiger charge is 2.28. The summed E-state index contributed by atoms with van der Waals surface area (Å²) in [7, 11) is -3.76. The normalized spacial score (nSPS) is 18.1. The zero-order valence-electron chi connectivity index (χ0n) is 8.38. The molecular formula is C9H10N2O4S. The molecule has 0 aliphatic carbocycles. The molecule has 0 saturated carbocycles. The summed E-state index contributed by atoms with van der Waals surface area (Å²) in [6, 6.07) is 4.34. The van der Waals surface area contributed by atoms with Crippen LogP contribution < -0.4 is 9.03 Å². The van der Waals surface area contributed by atoms with Crippen molar-refractivity contribution in [3.05, 3.63) is 35.8 Å². The molecule has 7 heteroatoms. The first kappa shape index (κ1) is 10.6. The zero-order chi connectivity index (χ0) is 11.9. The zero-order valence-corrected chi connectivity index (χ0v) is 9.19. The van der Waals surface area contributed by atoms with Gasteiger partial charge in [-0.3, -0.25) is 0 Å². The molecule has 2 rings (SSSR count). The van der Waals surface area contributed by atoms with E-state index in [2.05, 4.69) is 0 Å². The fourth-order valence-electron chi connectivity index (χ4n) is 1.38. The lowest BCUT2D eigenvalue weighted by Crippen LogP contribution is -2.29. The highest BCUT2D eigenvalue weighted by molar-refractivity contribution is 7.91. The highest BCUT2D eigenvalue weighted by Crippen LogP contribution is 2.27. The van der Waals surface area contributed by atoms with Gasteiger partial charge in [-0.25, -0.2) is 9.03 Å². The predicted octanol–water partition coefficient (Wildman–Crippen LogP) is 0.712. The lowest BCUT2D eigenvalue weighted by Gasteiger charge is -2.14. The van der Waals surface area contributed by atoms with Crippen LogP contribution in [0.1, 0.15) is 5.56 Å². The van der Waals surface area contributed by atoms with Gasteiger partial charge in [-0.2, -0.15) is 8.42 Å². The maximum absolute atomic E-state index is 11.5.